The van der Waals surface area contributed by atoms with Gasteiger partial charge in [-0.3, -0.25) is 14.5 Å². The summed E-state index contributed by atoms with van der Waals surface area (Å²) in [6, 6.07) is 2.17. The van der Waals surface area contributed by atoms with Gasteiger partial charge in [-0.25, -0.2) is 0 Å². The van der Waals surface area contributed by atoms with Crippen molar-refractivity contribution in [1.29, 1.82) is 0 Å². The Morgan fingerprint density at radius 2 is 1.55 bits per heavy atom. The number of anilines is 3. The number of aromatic nitrogens is 2. The molecule has 0 bridgehead atoms. The number of ketones is 2. The van der Waals surface area contributed by atoms with Crippen molar-refractivity contribution in [2.24, 2.45) is 28.6 Å². The monoisotopic (exact) mass is 640 g/mol. The maximum Gasteiger partial charge on any atom is 0.229 e. The summed E-state index contributed by atoms with van der Waals surface area (Å²) >= 11 is 0. The lowest BCUT2D eigenvalue weighted by Crippen LogP contribution is -2.58. The van der Waals surface area contributed by atoms with E-state index in [9.17, 15) is 14.7 Å². The van der Waals surface area contributed by atoms with E-state index in [1.807, 2.05) is 6.08 Å². The van der Waals surface area contributed by atoms with Gasteiger partial charge in [0.1, 0.15) is 17.2 Å². The highest BCUT2D eigenvalue weighted by Crippen LogP contribution is 2.65. The van der Waals surface area contributed by atoms with Crippen molar-refractivity contribution in [3.63, 3.8) is 0 Å². The maximum atomic E-state index is 14.2. The molecule has 0 spiro atoms. The van der Waals surface area contributed by atoms with Gasteiger partial charge in [0.25, 0.3) is 0 Å². The van der Waals surface area contributed by atoms with Crippen LogP contribution in [0.3, 0.4) is 0 Å². The summed E-state index contributed by atoms with van der Waals surface area (Å²) in [7, 11) is 0. The molecule has 0 amide bonds. The molecular weight excluding hydrogens is 588 g/mol. The van der Waals surface area contributed by atoms with Crippen LogP contribution in [0.5, 0.6) is 0 Å². The van der Waals surface area contributed by atoms with E-state index < -0.39 is 11.0 Å². The second-order valence-corrected chi connectivity index (χ2v) is 16.0. The van der Waals surface area contributed by atoms with E-state index >= 15 is 0 Å². The molecule has 3 saturated heterocycles. The number of carbonyl (C=O) groups is 2. The summed E-state index contributed by atoms with van der Waals surface area (Å²) in [5.41, 5.74) is 0.574. The minimum Gasteiger partial charge on any atom is -0.381 e. The first-order valence-electron chi connectivity index (χ1n) is 18.4. The lowest BCUT2D eigenvalue weighted by Gasteiger charge is -2.55. The lowest BCUT2D eigenvalue weighted by atomic mass is 9.49. The molecule has 9 heteroatoms. The average Bonchev–Trinajstić information content (AvgIpc) is 3.85. The molecule has 252 valence electrons. The van der Waals surface area contributed by atoms with E-state index in [2.05, 4.69) is 58.6 Å². The number of aliphatic hydroxyl groups is 1. The number of hydrogen-bond acceptors (Lipinski definition) is 9. The van der Waals surface area contributed by atoms with Gasteiger partial charge in [-0.2, -0.15) is 9.97 Å². The van der Waals surface area contributed by atoms with E-state index in [4.69, 9.17) is 9.97 Å². The summed E-state index contributed by atoms with van der Waals surface area (Å²) in [6.45, 7) is 14.3. The van der Waals surface area contributed by atoms with Gasteiger partial charge in [-0.15, -0.1) is 0 Å². The van der Waals surface area contributed by atoms with Crippen LogP contribution in [0.4, 0.5) is 17.6 Å². The molecule has 5 fully saturated rings. The van der Waals surface area contributed by atoms with Crippen molar-refractivity contribution in [1.82, 2.24) is 14.9 Å². The molecule has 1 aromatic rings. The van der Waals surface area contributed by atoms with Crippen LogP contribution in [-0.4, -0.2) is 96.0 Å². The minimum absolute atomic E-state index is 0.0127. The normalized spacial score (nSPS) is 37.1. The number of allylic oxidation sites excluding steroid dienone is 6. The van der Waals surface area contributed by atoms with Gasteiger partial charge in [-0.1, -0.05) is 31.6 Å². The zero-order valence-electron chi connectivity index (χ0n) is 28.6. The van der Waals surface area contributed by atoms with Gasteiger partial charge in [0.15, 0.2) is 11.6 Å². The summed E-state index contributed by atoms with van der Waals surface area (Å²) in [4.78, 5) is 45.8. The number of hydrogen-bond donors (Lipinski definition) is 1. The molecule has 6 atom stereocenters. The first-order valence-corrected chi connectivity index (χ1v) is 18.4. The van der Waals surface area contributed by atoms with Gasteiger partial charge in [0, 0.05) is 69.3 Å². The number of nitrogens with zero attached hydrogens (tertiary/aromatic N) is 6. The zero-order chi connectivity index (χ0) is 32.6. The van der Waals surface area contributed by atoms with Crippen molar-refractivity contribution in [2.75, 3.05) is 73.6 Å². The van der Waals surface area contributed by atoms with Crippen molar-refractivity contribution in [2.45, 2.75) is 77.7 Å². The molecule has 1 N–H and O–H groups in total. The third kappa shape index (κ3) is 5.01. The van der Waals surface area contributed by atoms with E-state index in [1.165, 1.54) is 36.8 Å². The third-order valence-corrected chi connectivity index (χ3v) is 13.5. The molecule has 0 unspecified atom stereocenters. The Morgan fingerprint density at radius 3 is 2.23 bits per heavy atom. The summed E-state index contributed by atoms with van der Waals surface area (Å²) in [6.07, 6.45) is 15.9. The molecule has 1 aromatic heterocycles. The highest BCUT2D eigenvalue weighted by Gasteiger charge is 2.64. The Morgan fingerprint density at radius 1 is 0.915 bits per heavy atom. The summed E-state index contributed by atoms with van der Waals surface area (Å²) in [5.74, 6) is 3.84. The molecule has 4 aliphatic carbocycles. The van der Waals surface area contributed by atoms with Crippen LogP contribution in [0.1, 0.15) is 72.1 Å². The molecular formula is C38H52N6O3. The quantitative estimate of drug-likeness (QED) is 0.449. The highest BCUT2D eigenvalue weighted by molar-refractivity contribution is 6.01. The minimum atomic E-state index is -1.32. The topological polar surface area (TPSA) is 93.1 Å². The Balaban J connectivity index is 0.959. The first kappa shape index (κ1) is 31.2. The maximum absolute atomic E-state index is 14.2. The van der Waals surface area contributed by atoms with Crippen LogP contribution >= 0.6 is 0 Å². The Labute approximate surface area is 279 Å². The molecule has 8 rings (SSSR count). The number of carbonyl (C=O) groups excluding carboxylic acids is 2. The molecule has 0 radical (unpaired) electrons. The molecule has 4 heterocycles. The van der Waals surface area contributed by atoms with Gasteiger partial charge >= 0.3 is 0 Å². The molecule has 47 heavy (non-hydrogen) atoms. The van der Waals surface area contributed by atoms with E-state index in [1.54, 1.807) is 6.08 Å². The Kier molecular flexibility index (Phi) is 7.67. The lowest BCUT2D eigenvalue weighted by molar-refractivity contribution is -0.154. The molecule has 3 aliphatic heterocycles. The highest BCUT2D eigenvalue weighted by atomic mass is 16.3. The smallest absolute Gasteiger partial charge is 0.229 e. The zero-order valence-corrected chi connectivity index (χ0v) is 28.6. The van der Waals surface area contributed by atoms with Gasteiger partial charge in [0.2, 0.25) is 5.95 Å². The third-order valence-electron chi connectivity index (χ3n) is 13.5. The van der Waals surface area contributed by atoms with Crippen LogP contribution in [-0.2, 0) is 9.59 Å². The fourth-order valence-electron chi connectivity index (χ4n) is 10.6. The van der Waals surface area contributed by atoms with Crippen LogP contribution in [0.15, 0.2) is 41.5 Å². The van der Waals surface area contributed by atoms with Gasteiger partial charge < -0.3 is 19.8 Å². The number of piperazine rings is 1. The van der Waals surface area contributed by atoms with Crippen LogP contribution in [0.2, 0.25) is 0 Å². The molecule has 0 aromatic carbocycles. The second kappa shape index (κ2) is 11.5. The van der Waals surface area contributed by atoms with E-state index in [0.717, 1.165) is 82.8 Å². The fourth-order valence-corrected chi connectivity index (χ4v) is 10.6. The van der Waals surface area contributed by atoms with Crippen LogP contribution in [0.25, 0.3) is 0 Å². The molecule has 9 nitrogen and oxygen atoms in total. The average molecular weight is 641 g/mol. The van der Waals surface area contributed by atoms with Gasteiger partial charge in [0.05, 0.1) is 6.54 Å². The number of rotatable bonds is 6. The fraction of sp³-hybridized carbons (Fsp3) is 0.684. The largest absolute Gasteiger partial charge is 0.381 e. The van der Waals surface area contributed by atoms with Crippen molar-refractivity contribution in [3.8, 4) is 0 Å². The Hall–Kier alpha value is -3.04. The molecule has 2 saturated carbocycles. The molecule has 7 aliphatic rings. The van der Waals surface area contributed by atoms with Gasteiger partial charge in [-0.05, 0) is 93.8 Å². The summed E-state index contributed by atoms with van der Waals surface area (Å²) in [5, 5.41) is 12.3. The standard InChI is InChI=1S/C38H52N6O3/c1-26-22-28-29(36(2)11-8-27(45)23-31(26)36)9-12-37(3)30(28)10-13-38(37,47)32(46)25-41-18-20-43(21-19-41)34-24-33(42-14-4-5-15-42)39-35(40-34)44-16-6-7-17-44/h8-9,11,23-24,26,28,30,47H,4-7,10,12-22,25H2,1-3H3/t26-,28+,30-,36+,37-,38-/m0/s1. The van der Waals surface area contributed by atoms with E-state index in [-0.39, 0.29) is 22.9 Å². The van der Waals surface area contributed by atoms with Crippen molar-refractivity contribution >= 4 is 29.2 Å². The van der Waals surface area contributed by atoms with Crippen molar-refractivity contribution in [3.05, 3.63) is 41.5 Å². The van der Waals surface area contributed by atoms with Crippen molar-refractivity contribution < 1.29 is 14.7 Å². The van der Waals surface area contributed by atoms with Crippen LogP contribution in [0, 0.1) is 28.6 Å². The van der Waals surface area contributed by atoms with Crippen LogP contribution < -0.4 is 14.7 Å². The number of Topliss-reactive ketones (excluding diaryl/α,β-unsaturated/α-hetero) is 1. The second-order valence-electron chi connectivity index (χ2n) is 16.0. The number of fused-ring (bicyclic) bond motifs is 5. The predicted octanol–water partition coefficient (Wildman–Crippen LogP) is 4.57. The summed E-state index contributed by atoms with van der Waals surface area (Å²) < 4.78 is 0. The van der Waals surface area contributed by atoms with E-state index in [0.29, 0.717) is 31.2 Å². The SMILES string of the molecule is C[C@H]1C[C@@H]2C(=CC[C@@]3(C)[C@H]2CC[C@]3(O)C(=O)CN2CCN(c3cc(N4CCCC4)nc(N4CCCC4)n3)CC2)[C@@]2(C)C=CC(=O)C=C12. The first-order chi connectivity index (χ1) is 22.6. The predicted molar refractivity (Wildman–Crippen MR) is 185 cm³/mol. The Bertz CT molecular complexity index is 1500.